The molecule has 2 aromatic heterocycles. The summed E-state index contributed by atoms with van der Waals surface area (Å²) < 4.78 is 0.819. The fraction of sp³-hybridized carbons (Fsp3) is 0.462. The van der Waals surface area contributed by atoms with Gasteiger partial charge in [0.15, 0.2) is 4.34 Å². The summed E-state index contributed by atoms with van der Waals surface area (Å²) >= 11 is 4.56. The molecule has 5 nitrogen and oxygen atoms in total. The van der Waals surface area contributed by atoms with Crippen LogP contribution in [0.15, 0.2) is 26.7 Å². The number of nitrogens with zero attached hydrogens (tertiary/aromatic N) is 3. The first-order valence-electron chi connectivity index (χ1n) is 6.47. The Morgan fingerprint density at radius 3 is 2.90 bits per heavy atom. The molecule has 2 atom stereocenters. The van der Waals surface area contributed by atoms with Gasteiger partial charge in [-0.3, -0.25) is 4.79 Å². The molecule has 0 aromatic carbocycles. The summed E-state index contributed by atoms with van der Waals surface area (Å²) in [6.45, 7) is 2.49. The van der Waals surface area contributed by atoms with Crippen LogP contribution in [0.1, 0.15) is 18.5 Å². The van der Waals surface area contributed by atoms with E-state index in [9.17, 15) is 4.79 Å². The van der Waals surface area contributed by atoms with Crippen LogP contribution in [-0.4, -0.2) is 46.9 Å². The van der Waals surface area contributed by atoms with Crippen LogP contribution in [0, 0.1) is 0 Å². The summed E-state index contributed by atoms with van der Waals surface area (Å²) in [6.07, 6.45) is 0. The third kappa shape index (κ3) is 4.77. The average molecular weight is 343 g/mol. The smallest absolute Gasteiger partial charge is 0.233 e. The van der Waals surface area contributed by atoms with Crippen molar-refractivity contribution in [3.8, 4) is 0 Å². The zero-order chi connectivity index (χ0) is 15.2. The number of thioether (sulfide) groups is 1. The van der Waals surface area contributed by atoms with Crippen LogP contribution < -0.4 is 5.32 Å². The maximum atomic E-state index is 12.2. The van der Waals surface area contributed by atoms with E-state index in [1.807, 2.05) is 21.0 Å². The van der Waals surface area contributed by atoms with E-state index in [4.69, 9.17) is 0 Å². The number of amides is 1. The number of aromatic nitrogens is 2. The summed E-state index contributed by atoms with van der Waals surface area (Å²) in [4.78, 5) is 14.3. The maximum Gasteiger partial charge on any atom is 0.233 e. The molecule has 0 saturated heterocycles. The summed E-state index contributed by atoms with van der Waals surface area (Å²) in [5.41, 5.74) is 2.90. The van der Waals surface area contributed by atoms with Gasteiger partial charge < -0.3 is 10.2 Å². The van der Waals surface area contributed by atoms with Crippen LogP contribution in [0.25, 0.3) is 0 Å². The number of carbonyl (C=O) groups is 1. The Kier molecular flexibility index (Phi) is 6.16. The second-order valence-corrected chi connectivity index (χ2v) is 7.95. The number of carbonyl (C=O) groups excluding carboxylic acids is 1. The monoisotopic (exact) mass is 342 g/mol. The number of likely N-dealkylation sites (N-methyl/N-ethyl adjacent to an activating group) is 1. The molecule has 0 aliphatic carbocycles. The molecule has 0 spiro atoms. The Morgan fingerprint density at radius 2 is 2.33 bits per heavy atom. The van der Waals surface area contributed by atoms with Crippen molar-refractivity contribution in [1.82, 2.24) is 20.4 Å². The van der Waals surface area contributed by atoms with Crippen LogP contribution in [0.5, 0.6) is 0 Å². The standard InChI is InChI=1S/C13H18N4OS3/c1-9(21-13-16-15-8-20-13)12(18)14-6-11(17(2)3)10-4-5-19-7-10/h4-5,7-9,11H,6H2,1-3H3,(H,14,18)/t9-,11+/m1/s1. The van der Waals surface area contributed by atoms with Gasteiger partial charge in [0.2, 0.25) is 5.91 Å². The fourth-order valence-corrected chi connectivity index (χ4v) is 4.18. The van der Waals surface area contributed by atoms with Crippen LogP contribution in [0.2, 0.25) is 0 Å². The lowest BCUT2D eigenvalue weighted by atomic mass is 10.1. The Bertz CT molecular complexity index is 542. The molecule has 0 radical (unpaired) electrons. The lowest BCUT2D eigenvalue weighted by Gasteiger charge is -2.24. The Labute approximate surface area is 136 Å². The molecule has 1 amide bonds. The minimum absolute atomic E-state index is 0.0253. The summed E-state index contributed by atoms with van der Waals surface area (Å²) in [7, 11) is 4.04. The van der Waals surface area contributed by atoms with Crippen LogP contribution in [0.3, 0.4) is 0 Å². The lowest BCUT2D eigenvalue weighted by Crippen LogP contribution is -2.37. The Balaban J connectivity index is 1.87. The van der Waals surface area contributed by atoms with E-state index < -0.39 is 0 Å². The quantitative estimate of drug-likeness (QED) is 0.784. The lowest BCUT2D eigenvalue weighted by molar-refractivity contribution is -0.120. The Hall–Kier alpha value is -0.960. The van der Waals surface area contributed by atoms with Gasteiger partial charge in [0.1, 0.15) is 5.51 Å². The molecule has 0 bridgehead atoms. The van der Waals surface area contributed by atoms with E-state index in [0.29, 0.717) is 6.54 Å². The van der Waals surface area contributed by atoms with Gasteiger partial charge in [0.25, 0.3) is 0 Å². The molecule has 2 rings (SSSR count). The third-order valence-corrected chi connectivity index (χ3v) is 5.62. The van der Waals surface area contributed by atoms with E-state index in [-0.39, 0.29) is 17.2 Å². The van der Waals surface area contributed by atoms with Crippen molar-refractivity contribution in [3.63, 3.8) is 0 Å². The van der Waals surface area contributed by atoms with Crippen molar-refractivity contribution in [2.75, 3.05) is 20.6 Å². The first-order valence-corrected chi connectivity index (χ1v) is 9.17. The molecule has 8 heteroatoms. The molecule has 114 valence electrons. The number of rotatable bonds is 7. The zero-order valence-corrected chi connectivity index (χ0v) is 14.6. The summed E-state index contributed by atoms with van der Waals surface area (Å²) in [5, 5.41) is 14.7. The van der Waals surface area contributed by atoms with Gasteiger partial charge in [-0.05, 0) is 43.4 Å². The van der Waals surface area contributed by atoms with Gasteiger partial charge in [-0.2, -0.15) is 11.3 Å². The second-order valence-electron chi connectivity index (χ2n) is 4.75. The molecular weight excluding hydrogens is 324 g/mol. The Morgan fingerprint density at radius 1 is 1.52 bits per heavy atom. The minimum atomic E-state index is -0.178. The largest absolute Gasteiger partial charge is 0.353 e. The molecule has 0 saturated carbocycles. The van der Waals surface area contributed by atoms with E-state index in [1.165, 1.54) is 28.7 Å². The molecule has 21 heavy (non-hydrogen) atoms. The molecule has 2 aromatic rings. The van der Waals surface area contributed by atoms with Gasteiger partial charge >= 0.3 is 0 Å². The van der Waals surface area contributed by atoms with Gasteiger partial charge in [0, 0.05) is 6.54 Å². The molecule has 1 N–H and O–H groups in total. The molecule has 0 aliphatic heterocycles. The third-order valence-electron chi connectivity index (χ3n) is 3.01. The molecule has 0 aliphatic rings. The zero-order valence-electron chi connectivity index (χ0n) is 12.1. The average Bonchev–Trinajstić information content (AvgIpc) is 3.11. The number of hydrogen-bond acceptors (Lipinski definition) is 7. The SMILES string of the molecule is C[C@@H](Sc1nncs1)C(=O)NC[C@@H](c1ccsc1)N(C)C. The first kappa shape index (κ1) is 16.4. The number of nitrogens with one attached hydrogen (secondary N) is 1. The van der Waals surface area contributed by atoms with Crippen molar-refractivity contribution in [1.29, 1.82) is 0 Å². The van der Waals surface area contributed by atoms with E-state index in [2.05, 4.69) is 37.2 Å². The van der Waals surface area contributed by atoms with Gasteiger partial charge in [-0.1, -0.05) is 23.1 Å². The predicted octanol–water partition coefficient (Wildman–Crippen LogP) is 2.50. The van der Waals surface area contributed by atoms with E-state index in [0.717, 1.165) is 4.34 Å². The molecule has 2 heterocycles. The van der Waals surface area contributed by atoms with Crippen molar-refractivity contribution in [2.24, 2.45) is 0 Å². The molecule has 0 unspecified atom stereocenters. The second kappa shape index (κ2) is 7.88. The van der Waals surface area contributed by atoms with Crippen molar-refractivity contribution < 1.29 is 4.79 Å². The van der Waals surface area contributed by atoms with Gasteiger partial charge in [0.05, 0.1) is 11.3 Å². The highest BCUT2D eigenvalue weighted by molar-refractivity contribution is 8.02. The van der Waals surface area contributed by atoms with Crippen molar-refractivity contribution >= 4 is 40.3 Å². The van der Waals surface area contributed by atoms with Crippen LogP contribution in [-0.2, 0) is 4.79 Å². The highest BCUT2D eigenvalue weighted by Crippen LogP contribution is 2.24. The maximum absolute atomic E-state index is 12.2. The highest BCUT2D eigenvalue weighted by Gasteiger charge is 2.19. The van der Waals surface area contributed by atoms with Crippen molar-refractivity contribution in [2.45, 2.75) is 22.6 Å². The molecular formula is C13H18N4OS3. The summed E-state index contributed by atoms with van der Waals surface area (Å²) in [5.74, 6) is 0.0253. The summed E-state index contributed by atoms with van der Waals surface area (Å²) in [6, 6.07) is 2.29. The van der Waals surface area contributed by atoms with Crippen molar-refractivity contribution in [3.05, 3.63) is 27.9 Å². The first-order chi connectivity index (χ1) is 10.1. The van der Waals surface area contributed by atoms with E-state index in [1.54, 1.807) is 16.8 Å². The normalized spacial score (nSPS) is 14.1. The van der Waals surface area contributed by atoms with Gasteiger partial charge in [-0.25, -0.2) is 0 Å². The van der Waals surface area contributed by atoms with E-state index >= 15 is 0 Å². The topological polar surface area (TPSA) is 58.1 Å². The van der Waals surface area contributed by atoms with Crippen LogP contribution >= 0.6 is 34.4 Å². The predicted molar refractivity (Wildman–Crippen MR) is 89.0 cm³/mol. The minimum Gasteiger partial charge on any atom is -0.353 e. The number of thiophene rings is 1. The number of hydrogen-bond donors (Lipinski definition) is 1. The van der Waals surface area contributed by atoms with Crippen LogP contribution in [0.4, 0.5) is 0 Å². The highest BCUT2D eigenvalue weighted by atomic mass is 32.2. The fourth-order valence-electron chi connectivity index (χ4n) is 1.82. The van der Waals surface area contributed by atoms with Gasteiger partial charge in [-0.15, -0.1) is 10.2 Å². The molecule has 0 fully saturated rings.